The van der Waals surface area contributed by atoms with Crippen LogP contribution in [0.5, 0.6) is 0 Å². The van der Waals surface area contributed by atoms with Crippen molar-refractivity contribution in [1.82, 2.24) is 20.9 Å². The molecule has 3 amide bonds. The number of ketones is 2. The highest BCUT2D eigenvalue weighted by atomic mass is 16.7. The van der Waals surface area contributed by atoms with Crippen LogP contribution >= 0.6 is 0 Å². The Hall–Kier alpha value is -2.89. The number of Topliss-reactive ketones (excluding diaryl/α,β-unsaturated/α-hetero) is 2. The van der Waals surface area contributed by atoms with Gasteiger partial charge in [-0.05, 0) is 46.5 Å². The van der Waals surface area contributed by atoms with Gasteiger partial charge in [-0.2, -0.15) is 0 Å². The molecule has 0 unspecified atom stereocenters. The number of unbranched alkanes of at least 4 members (excludes halogenated alkanes) is 3. The lowest BCUT2D eigenvalue weighted by molar-refractivity contribution is -0.292. The molecule has 3 heterocycles. The zero-order valence-electron chi connectivity index (χ0n) is 38.9. The molecule has 3 fully saturated rings. The van der Waals surface area contributed by atoms with Crippen molar-refractivity contribution >= 4 is 29.3 Å². The molecule has 16 atom stereocenters. The van der Waals surface area contributed by atoms with Crippen LogP contribution in [0.25, 0.3) is 0 Å². The maximum atomic E-state index is 14.0. The van der Waals surface area contributed by atoms with Crippen LogP contribution < -0.4 is 16.0 Å². The van der Waals surface area contributed by atoms with Crippen LogP contribution in [0.4, 0.5) is 0 Å². The van der Waals surface area contributed by atoms with Gasteiger partial charge in [0.15, 0.2) is 18.9 Å². The smallest absolute Gasteiger partial charge is 0.237 e. The quantitative estimate of drug-likeness (QED) is 0.0302. The molecular formula is C43H76N4O20. The number of nitrogens with zero attached hydrogens (tertiary/aromatic N) is 1. The second-order valence-corrected chi connectivity index (χ2v) is 17.3. The second-order valence-electron chi connectivity index (χ2n) is 17.3. The van der Waals surface area contributed by atoms with Gasteiger partial charge in [0.1, 0.15) is 66.5 Å². The summed E-state index contributed by atoms with van der Waals surface area (Å²) < 4.78 is 32.9. The van der Waals surface area contributed by atoms with Crippen molar-refractivity contribution in [3.05, 3.63) is 0 Å². The summed E-state index contributed by atoms with van der Waals surface area (Å²) in [5.74, 6) is -1.70. The molecule has 3 aliphatic rings. The molecule has 0 aromatic carbocycles. The first-order valence-corrected chi connectivity index (χ1v) is 23.3. The lowest BCUT2D eigenvalue weighted by Crippen LogP contribution is -2.58. The van der Waals surface area contributed by atoms with Crippen LogP contribution in [0.2, 0.25) is 0 Å². The molecule has 3 rings (SSSR count). The van der Waals surface area contributed by atoms with Crippen molar-refractivity contribution in [2.75, 3.05) is 52.5 Å². The molecular weight excluding hydrogens is 892 g/mol. The standard InChI is InChI=1S/C43H76N4O20/c1-5-26(48)11-9-10-13-27(49)12-7-6-8-14-28(40(61)46-17-20-64-43-39(60)36(57)33(54)25(4)67-43)47(21-29(50)44-15-18-62-41-37(58)34(55)31(52)23(2)65-41)22-30(51)45-16-19-63-42-38(59)35(56)32(53)24(3)66-42/h23-25,28,31-39,41-43,52-60H,5-22H2,1-4H3,(H,44,50)(H,45,51)(H,46,61)/t23-,24-,25-,28-,31+,32+,33+,34+,35+,36+,37-,38-,39-,41+,42+,43+/m0/s1. The Morgan fingerprint density at radius 1 is 0.493 bits per heavy atom. The van der Waals surface area contributed by atoms with E-state index in [1.54, 1.807) is 6.92 Å². The first-order valence-electron chi connectivity index (χ1n) is 23.3. The summed E-state index contributed by atoms with van der Waals surface area (Å²) in [4.78, 5) is 66.4. The fourth-order valence-corrected chi connectivity index (χ4v) is 7.67. The zero-order valence-corrected chi connectivity index (χ0v) is 38.9. The number of aliphatic hydroxyl groups excluding tert-OH is 9. The first kappa shape index (κ1) is 58.4. The Morgan fingerprint density at radius 2 is 0.851 bits per heavy atom. The first-order chi connectivity index (χ1) is 31.8. The lowest BCUT2D eigenvalue weighted by atomic mass is 10.0. The number of hydrogen-bond acceptors (Lipinski definition) is 21. The predicted octanol–water partition coefficient (Wildman–Crippen LogP) is -4.40. The minimum atomic E-state index is -1.58. The van der Waals surface area contributed by atoms with Crippen LogP contribution in [0, 0.1) is 0 Å². The van der Waals surface area contributed by atoms with E-state index in [2.05, 4.69) is 16.0 Å². The van der Waals surface area contributed by atoms with Gasteiger partial charge in [0.25, 0.3) is 0 Å². The van der Waals surface area contributed by atoms with Crippen molar-refractivity contribution < 1.29 is 98.4 Å². The van der Waals surface area contributed by atoms with Crippen molar-refractivity contribution in [2.45, 2.75) is 190 Å². The average Bonchev–Trinajstić information content (AvgIpc) is 3.30. The Kier molecular flexibility index (Phi) is 26.1. The number of ether oxygens (including phenoxy) is 6. The van der Waals surface area contributed by atoms with E-state index in [1.165, 1.54) is 25.7 Å². The zero-order chi connectivity index (χ0) is 49.8. The lowest BCUT2D eigenvalue weighted by Gasteiger charge is -2.39. The minimum absolute atomic E-state index is 0.0466. The number of nitrogens with one attached hydrogen (secondary N) is 3. The number of carbonyl (C=O) groups is 5. The number of rotatable bonds is 30. The molecule has 67 heavy (non-hydrogen) atoms. The van der Waals surface area contributed by atoms with E-state index >= 15 is 0 Å². The van der Waals surface area contributed by atoms with Gasteiger partial charge in [0, 0.05) is 45.3 Å². The van der Waals surface area contributed by atoms with Gasteiger partial charge < -0.3 is 90.3 Å². The summed E-state index contributed by atoms with van der Waals surface area (Å²) in [5, 5.41) is 99.2. The molecule has 3 aliphatic heterocycles. The molecule has 0 aromatic heterocycles. The maximum absolute atomic E-state index is 14.0. The number of hydrogen-bond donors (Lipinski definition) is 12. The minimum Gasteiger partial charge on any atom is -0.388 e. The summed E-state index contributed by atoms with van der Waals surface area (Å²) in [7, 11) is 0. The van der Waals surface area contributed by atoms with Gasteiger partial charge >= 0.3 is 0 Å². The fourth-order valence-electron chi connectivity index (χ4n) is 7.67. The SMILES string of the molecule is CCC(=O)CCCCC(=O)CCCCC[C@@H](C(=O)NCCO[C@@H]1O[C@@H](C)[C@@H](O)[C@@H](O)[C@@H]1O)N(CC(=O)NCCO[C@@H]1O[C@@H](C)[C@@H](O)[C@@H](O)[C@@H]1O)CC(=O)NCCO[C@@H]1O[C@@H](C)[C@@H](O)[C@@H](O)[C@@H]1O. The third kappa shape index (κ3) is 19.1. The van der Waals surface area contributed by atoms with E-state index in [4.69, 9.17) is 28.4 Å². The molecule has 0 saturated carbocycles. The average molecular weight is 969 g/mol. The molecule has 0 aliphatic carbocycles. The monoisotopic (exact) mass is 969 g/mol. The summed E-state index contributed by atoms with van der Waals surface area (Å²) >= 11 is 0. The third-order valence-electron chi connectivity index (χ3n) is 11.9. The van der Waals surface area contributed by atoms with Gasteiger partial charge in [-0.3, -0.25) is 28.9 Å². The highest BCUT2D eigenvalue weighted by Gasteiger charge is 2.44. The van der Waals surface area contributed by atoms with Gasteiger partial charge in [-0.15, -0.1) is 0 Å². The Morgan fingerprint density at radius 3 is 1.24 bits per heavy atom. The highest BCUT2D eigenvalue weighted by Crippen LogP contribution is 2.24. The Balaban J connectivity index is 1.69. The Bertz CT molecular complexity index is 1460. The van der Waals surface area contributed by atoms with E-state index in [0.29, 0.717) is 51.4 Å². The van der Waals surface area contributed by atoms with Crippen molar-refractivity contribution in [3.63, 3.8) is 0 Å². The molecule has 0 radical (unpaired) electrons. The van der Waals surface area contributed by atoms with Crippen LogP contribution in [-0.2, 0) is 52.4 Å². The van der Waals surface area contributed by atoms with Gasteiger partial charge in [-0.1, -0.05) is 19.8 Å². The van der Waals surface area contributed by atoms with E-state index in [-0.39, 0.29) is 63.9 Å². The molecule has 388 valence electrons. The molecule has 0 aromatic rings. The van der Waals surface area contributed by atoms with E-state index in [9.17, 15) is 69.9 Å². The summed E-state index contributed by atoms with van der Waals surface area (Å²) in [6.45, 7) is 4.21. The van der Waals surface area contributed by atoms with Crippen molar-refractivity contribution in [3.8, 4) is 0 Å². The normalized spacial score (nSPS) is 32.7. The van der Waals surface area contributed by atoms with Crippen molar-refractivity contribution in [2.24, 2.45) is 0 Å². The van der Waals surface area contributed by atoms with Crippen LogP contribution in [0.1, 0.15) is 91.9 Å². The maximum Gasteiger partial charge on any atom is 0.237 e. The van der Waals surface area contributed by atoms with E-state index < -0.39 is 129 Å². The topological polar surface area (TPSA) is 362 Å². The Labute approximate surface area is 390 Å². The van der Waals surface area contributed by atoms with E-state index in [1.807, 2.05) is 0 Å². The van der Waals surface area contributed by atoms with Crippen LogP contribution in [0.3, 0.4) is 0 Å². The van der Waals surface area contributed by atoms with E-state index in [0.717, 1.165) is 0 Å². The molecule has 12 N–H and O–H groups in total. The molecule has 3 saturated heterocycles. The summed E-state index contributed by atoms with van der Waals surface area (Å²) in [5.41, 5.74) is 0. The van der Waals surface area contributed by atoms with Crippen LogP contribution in [-0.4, -0.2) is 231 Å². The summed E-state index contributed by atoms with van der Waals surface area (Å²) in [6, 6.07) is -1.12. The van der Waals surface area contributed by atoms with Crippen LogP contribution in [0.15, 0.2) is 0 Å². The molecule has 24 nitrogen and oxygen atoms in total. The van der Waals surface area contributed by atoms with Gasteiger partial charge in [-0.25, -0.2) is 0 Å². The third-order valence-corrected chi connectivity index (χ3v) is 11.9. The van der Waals surface area contributed by atoms with Crippen molar-refractivity contribution in [1.29, 1.82) is 0 Å². The predicted molar refractivity (Wildman–Crippen MR) is 231 cm³/mol. The number of carbonyl (C=O) groups excluding carboxylic acids is 5. The molecule has 24 heteroatoms. The largest absolute Gasteiger partial charge is 0.388 e. The highest BCUT2D eigenvalue weighted by molar-refractivity contribution is 5.86. The second kappa shape index (κ2) is 30.0. The van der Waals surface area contributed by atoms with Gasteiger partial charge in [0.05, 0.1) is 57.3 Å². The van der Waals surface area contributed by atoms with Gasteiger partial charge in [0.2, 0.25) is 17.7 Å². The molecule has 0 bridgehead atoms. The summed E-state index contributed by atoms with van der Waals surface area (Å²) in [6.07, 6.45) is -15.6. The number of amides is 3. The fraction of sp³-hybridized carbons (Fsp3) is 0.884. The number of aliphatic hydroxyl groups is 9. The molecule has 0 spiro atoms.